The third kappa shape index (κ3) is 6.08. The first kappa shape index (κ1) is 24.5. The Hall–Kier alpha value is -2.63. The van der Waals surface area contributed by atoms with Crippen molar-refractivity contribution in [1.82, 2.24) is 25.1 Å². The normalized spacial score (nSPS) is 10.8. The van der Waals surface area contributed by atoms with Crippen LogP contribution in [0.1, 0.15) is 16.2 Å². The van der Waals surface area contributed by atoms with Gasteiger partial charge in [-0.25, -0.2) is 4.98 Å². The van der Waals surface area contributed by atoms with Crippen LogP contribution in [0, 0.1) is 0 Å². The number of rotatable bonds is 8. The summed E-state index contributed by atoms with van der Waals surface area (Å²) in [6.45, 7) is 0.0587. The van der Waals surface area contributed by atoms with Crippen LogP contribution in [0.5, 0.6) is 0 Å². The Labute approximate surface area is 217 Å². The second-order valence-corrected chi connectivity index (χ2v) is 9.81. The molecule has 34 heavy (non-hydrogen) atoms. The van der Waals surface area contributed by atoms with E-state index >= 15 is 0 Å². The van der Waals surface area contributed by atoms with Gasteiger partial charge in [-0.1, -0.05) is 52.6 Å². The highest BCUT2D eigenvalue weighted by Crippen LogP contribution is 2.25. The highest BCUT2D eigenvalue weighted by Gasteiger charge is 2.18. The zero-order valence-corrected chi connectivity index (χ0v) is 21.1. The van der Waals surface area contributed by atoms with Crippen LogP contribution in [0.3, 0.4) is 0 Å². The predicted molar refractivity (Wildman–Crippen MR) is 135 cm³/mol. The lowest BCUT2D eigenvalue weighted by Crippen LogP contribution is -2.25. The molecule has 0 unspecified atom stereocenters. The predicted octanol–water partition coefficient (Wildman–Crippen LogP) is 5.34. The van der Waals surface area contributed by atoms with Gasteiger partial charge in [-0.2, -0.15) is 0 Å². The first-order valence-electron chi connectivity index (χ1n) is 9.66. The maximum Gasteiger partial charge on any atom is 0.253 e. The summed E-state index contributed by atoms with van der Waals surface area (Å²) in [4.78, 5) is 29.0. The molecule has 4 aromatic rings. The molecule has 0 spiro atoms. The van der Waals surface area contributed by atoms with Crippen molar-refractivity contribution < 1.29 is 9.59 Å². The van der Waals surface area contributed by atoms with Crippen molar-refractivity contribution in [3.8, 4) is 5.69 Å². The summed E-state index contributed by atoms with van der Waals surface area (Å²) in [6, 6.07) is 11.7. The number of carbonyl (C=O) groups excluding carboxylic acids is 2. The van der Waals surface area contributed by atoms with Gasteiger partial charge in [0.25, 0.3) is 5.91 Å². The van der Waals surface area contributed by atoms with Crippen LogP contribution in [0.2, 0.25) is 15.1 Å². The Balaban J connectivity index is 1.53. The topological polar surface area (TPSA) is 102 Å². The Morgan fingerprint density at radius 1 is 1.06 bits per heavy atom. The van der Waals surface area contributed by atoms with Gasteiger partial charge in [0.05, 0.1) is 28.6 Å². The molecular formula is C21H15Cl3N6O2S2. The molecule has 0 saturated carbocycles. The fourth-order valence-corrected chi connectivity index (χ4v) is 4.88. The second-order valence-electron chi connectivity index (χ2n) is 6.70. The third-order valence-corrected chi connectivity index (χ3v) is 6.76. The minimum absolute atomic E-state index is 0.0587. The Morgan fingerprint density at radius 2 is 1.88 bits per heavy atom. The van der Waals surface area contributed by atoms with Crippen molar-refractivity contribution in [3.05, 3.63) is 80.5 Å². The van der Waals surface area contributed by atoms with Crippen molar-refractivity contribution in [3.63, 3.8) is 0 Å². The van der Waals surface area contributed by atoms with Crippen LogP contribution in [-0.2, 0) is 11.3 Å². The Kier molecular flexibility index (Phi) is 8.07. The molecule has 8 nitrogen and oxygen atoms in total. The summed E-state index contributed by atoms with van der Waals surface area (Å²) in [5.74, 6) is -0.0823. The van der Waals surface area contributed by atoms with Gasteiger partial charge in [-0.05, 0) is 36.4 Å². The maximum absolute atomic E-state index is 12.6. The number of nitrogens with one attached hydrogen (secondary N) is 2. The van der Waals surface area contributed by atoms with Gasteiger partial charge in [0.15, 0.2) is 16.1 Å². The number of thiazole rings is 1. The summed E-state index contributed by atoms with van der Waals surface area (Å²) >= 11 is 20.8. The number of hydrogen-bond acceptors (Lipinski definition) is 7. The van der Waals surface area contributed by atoms with E-state index in [0.29, 0.717) is 31.8 Å². The standard InChI is InChI=1S/C21H15Cl3N6O2S2/c22-12-2-1-3-14(8-12)30-17(10-26-19(32)15-5-4-13(23)9-16(15)24)28-29-21(30)34-11-18(31)27-20-25-6-7-33-20/h1-9H,10-11H2,(H,26,32)(H,25,27,31). The van der Waals surface area contributed by atoms with Crippen molar-refractivity contribution in [2.75, 3.05) is 11.1 Å². The van der Waals surface area contributed by atoms with E-state index in [9.17, 15) is 9.59 Å². The maximum atomic E-state index is 12.6. The van der Waals surface area contributed by atoms with E-state index in [1.165, 1.54) is 29.2 Å². The van der Waals surface area contributed by atoms with E-state index in [4.69, 9.17) is 34.8 Å². The SMILES string of the molecule is O=C(CSc1nnc(CNC(=O)c2ccc(Cl)cc2Cl)n1-c1cccc(Cl)c1)Nc1nccs1. The number of anilines is 1. The minimum atomic E-state index is -0.390. The largest absolute Gasteiger partial charge is 0.345 e. The van der Waals surface area contributed by atoms with Crippen LogP contribution < -0.4 is 10.6 Å². The number of amides is 2. The van der Waals surface area contributed by atoms with E-state index in [-0.39, 0.29) is 34.7 Å². The average molecular weight is 554 g/mol. The number of benzene rings is 2. The Morgan fingerprint density at radius 3 is 2.62 bits per heavy atom. The molecule has 13 heteroatoms. The van der Waals surface area contributed by atoms with Gasteiger partial charge in [0, 0.05) is 21.6 Å². The molecule has 2 heterocycles. The second kappa shape index (κ2) is 11.2. The molecule has 2 amide bonds. The molecule has 2 aromatic carbocycles. The lowest BCUT2D eigenvalue weighted by molar-refractivity contribution is -0.113. The van der Waals surface area contributed by atoms with Crippen molar-refractivity contribution in [2.45, 2.75) is 11.7 Å². The molecule has 2 N–H and O–H groups in total. The molecule has 0 aliphatic carbocycles. The van der Waals surface area contributed by atoms with Crippen LogP contribution in [0.4, 0.5) is 5.13 Å². The first-order valence-corrected chi connectivity index (χ1v) is 12.7. The Bertz CT molecular complexity index is 1330. The number of aromatic nitrogens is 4. The number of thioether (sulfide) groups is 1. The van der Waals surface area contributed by atoms with E-state index in [1.54, 1.807) is 46.5 Å². The van der Waals surface area contributed by atoms with Crippen LogP contribution >= 0.6 is 57.9 Å². The zero-order valence-electron chi connectivity index (χ0n) is 17.2. The van der Waals surface area contributed by atoms with Crippen molar-refractivity contribution in [2.24, 2.45) is 0 Å². The molecule has 0 fully saturated rings. The molecule has 0 saturated heterocycles. The fraction of sp³-hybridized carbons (Fsp3) is 0.0952. The van der Waals surface area contributed by atoms with Crippen molar-refractivity contribution in [1.29, 1.82) is 0 Å². The molecule has 0 bridgehead atoms. The number of halogens is 3. The summed E-state index contributed by atoms with van der Waals surface area (Å²) in [5, 5.41) is 17.9. The number of hydrogen-bond donors (Lipinski definition) is 2. The lowest BCUT2D eigenvalue weighted by Gasteiger charge is -2.12. The number of carbonyl (C=O) groups is 2. The van der Waals surface area contributed by atoms with Crippen molar-refractivity contribution >= 4 is 74.8 Å². The fourth-order valence-electron chi connectivity index (χ4n) is 2.88. The highest BCUT2D eigenvalue weighted by molar-refractivity contribution is 7.99. The van der Waals surface area contributed by atoms with Gasteiger partial charge < -0.3 is 10.6 Å². The van der Waals surface area contributed by atoms with Crippen LogP contribution in [-0.4, -0.2) is 37.3 Å². The third-order valence-electron chi connectivity index (χ3n) is 4.36. The summed E-state index contributed by atoms with van der Waals surface area (Å²) < 4.78 is 1.73. The first-order chi connectivity index (χ1) is 16.4. The van der Waals surface area contributed by atoms with Gasteiger partial charge in [0.1, 0.15) is 0 Å². The molecule has 4 rings (SSSR count). The minimum Gasteiger partial charge on any atom is -0.345 e. The lowest BCUT2D eigenvalue weighted by atomic mass is 10.2. The molecule has 0 aliphatic heterocycles. The molecule has 0 aliphatic rings. The van der Waals surface area contributed by atoms with Gasteiger partial charge in [-0.15, -0.1) is 21.5 Å². The van der Waals surface area contributed by atoms with Gasteiger partial charge in [0.2, 0.25) is 5.91 Å². The smallest absolute Gasteiger partial charge is 0.253 e. The molecular weight excluding hydrogens is 539 g/mol. The van der Waals surface area contributed by atoms with E-state index in [2.05, 4.69) is 25.8 Å². The summed E-state index contributed by atoms with van der Waals surface area (Å²) in [7, 11) is 0. The summed E-state index contributed by atoms with van der Waals surface area (Å²) in [5.41, 5.74) is 0.974. The van der Waals surface area contributed by atoms with E-state index in [0.717, 1.165) is 0 Å². The average Bonchev–Trinajstić information content (AvgIpc) is 3.45. The molecule has 0 atom stereocenters. The van der Waals surface area contributed by atoms with E-state index < -0.39 is 0 Å². The summed E-state index contributed by atoms with van der Waals surface area (Å²) in [6.07, 6.45) is 1.61. The molecule has 0 radical (unpaired) electrons. The monoisotopic (exact) mass is 552 g/mol. The zero-order chi connectivity index (χ0) is 24.1. The molecule has 2 aromatic heterocycles. The van der Waals surface area contributed by atoms with E-state index in [1.807, 2.05) is 6.07 Å². The van der Waals surface area contributed by atoms with Crippen LogP contribution in [0.25, 0.3) is 5.69 Å². The number of nitrogens with zero attached hydrogens (tertiary/aromatic N) is 4. The van der Waals surface area contributed by atoms with Gasteiger partial charge >= 0.3 is 0 Å². The quantitative estimate of drug-likeness (QED) is 0.285. The van der Waals surface area contributed by atoms with Crippen LogP contribution in [0.15, 0.2) is 59.2 Å². The van der Waals surface area contributed by atoms with Gasteiger partial charge in [-0.3, -0.25) is 14.2 Å². The highest BCUT2D eigenvalue weighted by atomic mass is 35.5. The molecule has 174 valence electrons.